The average molecular weight is 314 g/mol. The van der Waals surface area contributed by atoms with Crippen LogP contribution in [0, 0.1) is 17.0 Å². The van der Waals surface area contributed by atoms with Gasteiger partial charge in [-0.3, -0.25) is 0 Å². The molecule has 0 bridgehead atoms. The largest absolute Gasteiger partial charge is 0.207 e. The Balaban J connectivity index is 2.19. The van der Waals surface area contributed by atoms with E-state index in [0.717, 1.165) is 18.4 Å². The fourth-order valence-electron chi connectivity index (χ4n) is 3.97. The summed E-state index contributed by atoms with van der Waals surface area (Å²) < 4.78 is 28.0. The zero-order valence-electron chi connectivity index (χ0n) is 14.1. The molecule has 0 heterocycles. The van der Waals surface area contributed by atoms with Crippen molar-refractivity contribution in [1.29, 1.82) is 0 Å². The molecule has 1 atom stereocenters. The Kier molecular flexibility index (Phi) is 4.27. The van der Waals surface area contributed by atoms with E-state index in [-0.39, 0.29) is 11.2 Å². The van der Waals surface area contributed by atoms with Crippen LogP contribution in [0.3, 0.4) is 0 Å². The Hall–Kier alpha value is -1.70. The lowest BCUT2D eigenvalue weighted by Crippen LogP contribution is -2.16. The van der Waals surface area contributed by atoms with E-state index in [1.165, 1.54) is 42.2 Å². The van der Waals surface area contributed by atoms with Gasteiger partial charge >= 0.3 is 0 Å². The zero-order valence-corrected chi connectivity index (χ0v) is 14.1. The van der Waals surface area contributed by atoms with Crippen LogP contribution >= 0.6 is 0 Å². The molecule has 2 aromatic carbocycles. The van der Waals surface area contributed by atoms with Gasteiger partial charge in [0.25, 0.3) is 0 Å². The number of halogens is 2. The SMILES string of the molecule is CCc1ccc(-c2cc(F)ccc2F)c(C2CCCC2(C)C)c1. The molecule has 2 heteroatoms. The third kappa shape index (κ3) is 3.04. The van der Waals surface area contributed by atoms with Crippen LogP contribution in [0.4, 0.5) is 8.78 Å². The van der Waals surface area contributed by atoms with Gasteiger partial charge in [0, 0.05) is 5.56 Å². The van der Waals surface area contributed by atoms with Crippen molar-refractivity contribution in [1.82, 2.24) is 0 Å². The number of hydrogen-bond donors (Lipinski definition) is 0. The van der Waals surface area contributed by atoms with Crippen molar-refractivity contribution in [3.8, 4) is 11.1 Å². The summed E-state index contributed by atoms with van der Waals surface area (Å²) in [7, 11) is 0. The Labute approximate surface area is 137 Å². The molecule has 0 radical (unpaired) electrons. The Morgan fingerprint density at radius 3 is 2.48 bits per heavy atom. The maximum Gasteiger partial charge on any atom is 0.131 e. The Morgan fingerprint density at radius 2 is 1.83 bits per heavy atom. The van der Waals surface area contributed by atoms with Crippen molar-refractivity contribution in [2.75, 3.05) is 0 Å². The first-order valence-corrected chi connectivity index (χ1v) is 8.50. The molecule has 122 valence electrons. The summed E-state index contributed by atoms with van der Waals surface area (Å²) in [5.74, 6) is -0.350. The van der Waals surface area contributed by atoms with E-state index in [2.05, 4.69) is 26.8 Å². The van der Waals surface area contributed by atoms with Crippen LogP contribution in [0.2, 0.25) is 0 Å². The molecule has 2 aromatic rings. The van der Waals surface area contributed by atoms with Crippen LogP contribution in [0.15, 0.2) is 36.4 Å². The maximum atomic E-state index is 14.3. The van der Waals surface area contributed by atoms with Gasteiger partial charge in [-0.05, 0) is 65.5 Å². The first-order chi connectivity index (χ1) is 10.9. The lowest BCUT2D eigenvalue weighted by atomic mass is 9.75. The summed E-state index contributed by atoms with van der Waals surface area (Å²) in [4.78, 5) is 0. The summed E-state index contributed by atoms with van der Waals surface area (Å²) in [5.41, 5.74) is 3.86. The molecule has 0 spiro atoms. The third-order valence-corrected chi connectivity index (χ3v) is 5.38. The molecule has 0 aromatic heterocycles. The van der Waals surface area contributed by atoms with Crippen LogP contribution in [0.25, 0.3) is 11.1 Å². The molecule has 1 fully saturated rings. The van der Waals surface area contributed by atoms with E-state index in [1.807, 2.05) is 12.1 Å². The molecule has 23 heavy (non-hydrogen) atoms. The lowest BCUT2D eigenvalue weighted by molar-refractivity contribution is 0.332. The van der Waals surface area contributed by atoms with Crippen LogP contribution in [-0.4, -0.2) is 0 Å². The Bertz CT molecular complexity index is 716. The van der Waals surface area contributed by atoms with Gasteiger partial charge in [0.15, 0.2) is 0 Å². The van der Waals surface area contributed by atoms with Crippen molar-refractivity contribution in [2.24, 2.45) is 5.41 Å². The summed E-state index contributed by atoms with van der Waals surface area (Å²) in [5, 5.41) is 0. The molecule has 1 saturated carbocycles. The molecule has 1 aliphatic rings. The topological polar surface area (TPSA) is 0 Å². The van der Waals surface area contributed by atoms with Crippen LogP contribution in [-0.2, 0) is 6.42 Å². The van der Waals surface area contributed by atoms with Gasteiger partial charge in [-0.15, -0.1) is 0 Å². The fraction of sp³-hybridized carbons (Fsp3) is 0.429. The summed E-state index contributed by atoms with van der Waals surface area (Å²) in [6, 6.07) is 9.94. The number of aryl methyl sites for hydroxylation is 1. The van der Waals surface area contributed by atoms with Crippen molar-refractivity contribution < 1.29 is 8.78 Å². The molecule has 0 saturated heterocycles. The first kappa shape index (κ1) is 16.2. The van der Waals surface area contributed by atoms with Crippen molar-refractivity contribution in [2.45, 2.75) is 52.4 Å². The van der Waals surface area contributed by atoms with Crippen LogP contribution in [0.1, 0.15) is 57.1 Å². The zero-order chi connectivity index (χ0) is 16.6. The molecule has 0 nitrogen and oxygen atoms in total. The normalized spacial score (nSPS) is 20.0. The van der Waals surface area contributed by atoms with Crippen LogP contribution in [0.5, 0.6) is 0 Å². The van der Waals surface area contributed by atoms with E-state index < -0.39 is 5.82 Å². The Morgan fingerprint density at radius 1 is 1.04 bits per heavy atom. The predicted octanol–water partition coefficient (Wildman–Crippen LogP) is 6.49. The highest BCUT2D eigenvalue weighted by Crippen LogP contribution is 2.51. The van der Waals surface area contributed by atoms with Gasteiger partial charge in [-0.25, -0.2) is 8.78 Å². The highest BCUT2D eigenvalue weighted by Gasteiger charge is 2.37. The minimum atomic E-state index is -0.391. The standard InChI is InChI=1S/C21H24F2/c1-4-14-7-9-16(18-13-15(22)8-10-20(18)23)17(12-14)19-6-5-11-21(19,2)3/h7-10,12-13,19H,4-6,11H2,1-3H3. The summed E-state index contributed by atoms with van der Waals surface area (Å²) >= 11 is 0. The molecular formula is C21H24F2. The highest BCUT2D eigenvalue weighted by atomic mass is 19.1. The highest BCUT2D eigenvalue weighted by molar-refractivity contribution is 5.69. The summed E-state index contributed by atoms with van der Waals surface area (Å²) in [6.07, 6.45) is 4.44. The van der Waals surface area contributed by atoms with E-state index in [1.54, 1.807) is 0 Å². The van der Waals surface area contributed by atoms with Gasteiger partial charge in [0.05, 0.1) is 0 Å². The number of rotatable bonds is 3. The van der Waals surface area contributed by atoms with Gasteiger partial charge in [-0.1, -0.05) is 45.4 Å². The molecule has 1 unspecified atom stereocenters. The minimum absolute atomic E-state index is 0.199. The predicted molar refractivity (Wildman–Crippen MR) is 91.5 cm³/mol. The monoisotopic (exact) mass is 314 g/mol. The van der Waals surface area contributed by atoms with E-state index in [0.29, 0.717) is 11.5 Å². The second kappa shape index (κ2) is 6.07. The smallest absolute Gasteiger partial charge is 0.131 e. The van der Waals surface area contributed by atoms with Crippen molar-refractivity contribution in [3.63, 3.8) is 0 Å². The summed E-state index contributed by atoms with van der Waals surface area (Å²) in [6.45, 7) is 6.70. The van der Waals surface area contributed by atoms with E-state index in [9.17, 15) is 8.78 Å². The van der Waals surface area contributed by atoms with E-state index >= 15 is 0 Å². The van der Waals surface area contributed by atoms with Crippen LogP contribution < -0.4 is 0 Å². The molecule has 0 aliphatic heterocycles. The molecule has 0 amide bonds. The van der Waals surface area contributed by atoms with Crippen molar-refractivity contribution in [3.05, 3.63) is 59.2 Å². The quantitative estimate of drug-likeness (QED) is 0.607. The molecule has 3 rings (SSSR count). The number of hydrogen-bond acceptors (Lipinski definition) is 0. The second-order valence-corrected chi connectivity index (χ2v) is 7.33. The van der Waals surface area contributed by atoms with Gasteiger partial charge in [0.2, 0.25) is 0 Å². The number of benzene rings is 2. The second-order valence-electron chi connectivity index (χ2n) is 7.33. The minimum Gasteiger partial charge on any atom is -0.207 e. The van der Waals surface area contributed by atoms with Gasteiger partial charge < -0.3 is 0 Å². The first-order valence-electron chi connectivity index (χ1n) is 8.50. The van der Waals surface area contributed by atoms with Gasteiger partial charge in [0.1, 0.15) is 11.6 Å². The van der Waals surface area contributed by atoms with E-state index in [4.69, 9.17) is 0 Å². The van der Waals surface area contributed by atoms with Crippen molar-refractivity contribution >= 4 is 0 Å². The molecular weight excluding hydrogens is 290 g/mol. The molecule has 0 N–H and O–H groups in total. The third-order valence-electron chi connectivity index (χ3n) is 5.38. The van der Waals surface area contributed by atoms with Gasteiger partial charge in [-0.2, -0.15) is 0 Å². The average Bonchev–Trinajstić information content (AvgIpc) is 2.88. The maximum absolute atomic E-state index is 14.3. The molecule has 1 aliphatic carbocycles. The fourth-order valence-corrected chi connectivity index (χ4v) is 3.97. The lowest BCUT2D eigenvalue weighted by Gasteiger charge is -2.30.